The van der Waals surface area contributed by atoms with Crippen LogP contribution in [0.15, 0.2) is 30.5 Å². The van der Waals surface area contributed by atoms with Crippen molar-refractivity contribution in [2.75, 3.05) is 29.9 Å². The molecular formula is C28H37N7O2. The van der Waals surface area contributed by atoms with Crippen molar-refractivity contribution in [1.29, 1.82) is 5.26 Å². The zero-order valence-electron chi connectivity index (χ0n) is 21.6. The summed E-state index contributed by atoms with van der Waals surface area (Å²) >= 11 is 0. The first-order valence-corrected chi connectivity index (χ1v) is 13.7. The summed E-state index contributed by atoms with van der Waals surface area (Å²) in [6.45, 7) is 5.21. The number of likely N-dealkylation sites (tertiary alicyclic amines) is 1. The molecule has 1 amide bonds. The number of nitriles is 1. The fraction of sp³-hybridized carbons (Fsp3) is 0.571. The molecule has 1 aliphatic carbocycles. The summed E-state index contributed by atoms with van der Waals surface area (Å²) in [7, 11) is 0. The van der Waals surface area contributed by atoms with Gasteiger partial charge >= 0.3 is 6.09 Å². The van der Waals surface area contributed by atoms with Crippen molar-refractivity contribution >= 4 is 23.4 Å². The molecular weight excluding hydrogens is 466 g/mol. The van der Waals surface area contributed by atoms with Gasteiger partial charge in [0.25, 0.3) is 0 Å². The lowest BCUT2D eigenvalue weighted by molar-refractivity contribution is 0.154. The van der Waals surface area contributed by atoms with E-state index in [0.717, 1.165) is 31.1 Å². The highest BCUT2D eigenvalue weighted by Crippen LogP contribution is 2.33. The van der Waals surface area contributed by atoms with Crippen molar-refractivity contribution in [3.8, 4) is 6.07 Å². The van der Waals surface area contributed by atoms with E-state index in [1.807, 2.05) is 19.1 Å². The number of piperidine rings is 2. The number of carbonyl (C=O) groups is 1. The molecule has 1 aromatic carbocycles. The molecule has 5 rings (SSSR count). The van der Waals surface area contributed by atoms with Crippen LogP contribution in [0, 0.1) is 11.3 Å². The van der Waals surface area contributed by atoms with Crippen LogP contribution in [-0.4, -0.2) is 63.8 Å². The van der Waals surface area contributed by atoms with E-state index in [9.17, 15) is 15.2 Å². The van der Waals surface area contributed by atoms with Gasteiger partial charge in [-0.2, -0.15) is 5.26 Å². The van der Waals surface area contributed by atoms with E-state index in [-0.39, 0.29) is 29.4 Å². The molecule has 2 aliphatic heterocycles. The standard InChI is InChI=1S/C28H37N7O2/c1-19-25(7-4-14-30-19)35(28(36)37)26-18-31-24(17-29)27(33-26)32-22-10-8-20(9-11-22)21-12-15-34(16-13-21)23-5-2-3-6-23/h8-11,18-19,21,23,25,30H,2-7,12-16H2,1H3,(H,32,33)(H,36,37)/t19-,25-/m1/s1. The highest BCUT2D eigenvalue weighted by Gasteiger charge is 2.33. The average molecular weight is 504 g/mol. The van der Waals surface area contributed by atoms with Crippen LogP contribution in [0.1, 0.15) is 75.5 Å². The Labute approximate surface area is 218 Å². The molecule has 2 aromatic rings. The second kappa shape index (κ2) is 11.4. The molecule has 9 heteroatoms. The molecule has 0 unspecified atom stereocenters. The maximum atomic E-state index is 12.2. The van der Waals surface area contributed by atoms with Crippen LogP contribution < -0.4 is 15.5 Å². The number of hydrogen-bond donors (Lipinski definition) is 3. The summed E-state index contributed by atoms with van der Waals surface area (Å²) in [6.07, 6.45) is 9.79. The van der Waals surface area contributed by atoms with Gasteiger partial charge in [-0.1, -0.05) is 25.0 Å². The Hall–Kier alpha value is -3.22. The predicted octanol–water partition coefficient (Wildman–Crippen LogP) is 4.84. The van der Waals surface area contributed by atoms with Crippen molar-refractivity contribution < 1.29 is 9.90 Å². The van der Waals surface area contributed by atoms with Crippen molar-refractivity contribution in [3.63, 3.8) is 0 Å². The number of rotatable bonds is 6. The molecule has 9 nitrogen and oxygen atoms in total. The first-order valence-electron chi connectivity index (χ1n) is 13.7. The topological polar surface area (TPSA) is 117 Å². The van der Waals surface area contributed by atoms with Crippen LogP contribution in [0.5, 0.6) is 0 Å². The zero-order chi connectivity index (χ0) is 25.8. The third-order valence-electron chi connectivity index (χ3n) is 8.39. The summed E-state index contributed by atoms with van der Waals surface area (Å²) < 4.78 is 0. The van der Waals surface area contributed by atoms with Crippen molar-refractivity contribution in [1.82, 2.24) is 20.2 Å². The minimum Gasteiger partial charge on any atom is -0.465 e. The summed E-state index contributed by atoms with van der Waals surface area (Å²) in [4.78, 5) is 24.9. The normalized spacial score (nSPS) is 23.5. The van der Waals surface area contributed by atoms with Crippen molar-refractivity contribution in [3.05, 3.63) is 41.7 Å². The van der Waals surface area contributed by atoms with E-state index in [4.69, 9.17) is 0 Å². The van der Waals surface area contributed by atoms with E-state index in [1.165, 1.54) is 68.3 Å². The Kier molecular flexibility index (Phi) is 7.87. The van der Waals surface area contributed by atoms with Crippen LogP contribution in [0.2, 0.25) is 0 Å². The summed E-state index contributed by atoms with van der Waals surface area (Å²) in [5, 5.41) is 26.1. The molecule has 3 aliphatic rings. The minimum absolute atomic E-state index is 0.00345. The molecule has 2 atom stereocenters. The van der Waals surface area contributed by atoms with E-state index in [0.29, 0.717) is 5.92 Å². The molecule has 0 spiro atoms. The number of anilines is 3. The van der Waals surface area contributed by atoms with E-state index in [1.54, 1.807) is 0 Å². The minimum atomic E-state index is -1.08. The van der Waals surface area contributed by atoms with Crippen LogP contribution in [0.4, 0.5) is 22.1 Å². The van der Waals surface area contributed by atoms with Gasteiger partial charge in [0.05, 0.1) is 12.2 Å². The van der Waals surface area contributed by atoms with Crippen LogP contribution in [0.25, 0.3) is 0 Å². The number of carboxylic acid groups (broad SMARTS) is 1. The monoisotopic (exact) mass is 503 g/mol. The average Bonchev–Trinajstić information content (AvgIpc) is 3.46. The molecule has 0 radical (unpaired) electrons. The molecule has 3 fully saturated rings. The second-order valence-electron chi connectivity index (χ2n) is 10.6. The quantitative estimate of drug-likeness (QED) is 0.513. The predicted molar refractivity (Wildman–Crippen MR) is 143 cm³/mol. The van der Waals surface area contributed by atoms with Gasteiger partial charge in [-0.05, 0) is 88.7 Å². The lowest BCUT2D eigenvalue weighted by Crippen LogP contribution is -2.54. The molecule has 2 saturated heterocycles. The van der Waals surface area contributed by atoms with Crippen LogP contribution >= 0.6 is 0 Å². The third kappa shape index (κ3) is 5.71. The van der Waals surface area contributed by atoms with Gasteiger partial charge in [-0.25, -0.2) is 14.8 Å². The maximum Gasteiger partial charge on any atom is 0.413 e. The van der Waals surface area contributed by atoms with E-state index >= 15 is 0 Å². The smallest absolute Gasteiger partial charge is 0.413 e. The summed E-state index contributed by atoms with van der Waals surface area (Å²) in [5.41, 5.74) is 2.27. The van der Waals surface area contributed by atoms with Crippen LogP contribution in [-0.2, 0) is 0 Å². The first-order chi connectivity index (χ1) is 18.0. The zero-order valence-corrected chi connectivity index (χ0v) is 21.6. The number of hydrogen-bond acceptors (Lipinski definition) is 7. The van der Waals surface area contributed by atoms with Gasteiger partial charge in [0.1, 0.15) is 6.07 Å². The number of benzene rings is 1. The highest BCUT2D eigenvalue weighted by molar-refractivity contribution is 5.86. The number of nitrogens with one attached hydrogen (secondary N) is 2. The Morgan fingerprint density at radius 3 is 2.51 bits per heavy atom. The number of aromatic nitrogens is 2. The molecule has 3 heterocycles. The second-order valence-corrected chi connectivity index (χ2v) is 10.6. The molecule has 3 N–H and O–H groups in total. The molecule has 196 valence electrons. The van der Waals surface area contributed by atoms with E-state index in [2.05, 4.69) is 43.7 Å². The van der Waals surface area contributed by atoms with Crippen molar-refractivity contribution in [2.24, 2.45) is 0 Å². The largest absolute Gasteiger partial charge is 0.465 e. The lowest BCUT2D eigenvalue weighted by atomic mass is 9.88. The Bertz CT molecular complexity index is 1120. The summed E-state index contributed by atoms with van der Waals surface area (Å²) in [6, 6.07) is 10.9. The SMILES string of the molecule is C[C@H]1NCCC[C@H]1N(C(=O)O)c1cnc(C#N)c(Nc2ccc(C3CCN(C4CCCC4)CC3)cc2)n1. The first kappa shape index (κ1) is 25.4. The molecule has 37 heavy (non-hydrogen) atoms. The summed E-state index contributed by atoms with van der Waals surface area (Å²) in [5.74, 6) is 1.06. The molecule has 0 bridgehead atoms. The van der Waals surface area contributed by atoms with Crippen LogP contribution in [0.3, 0.4) is 0 Å². The Balaban J connectivity index is 1.28. The van der Waals surface area contributed by atoms with Gasteiger partial charge in [0.15, 0.2) is 17.3 Å². The maximum absolute atomic E-state index is 12.2. The molecule has 1 aromatic heterocycles. The fourth-order valence-corrected chi connectivity index (χ4v) is 6.30. The highest BCUT2D eigenvalue weighted by atomic mass is 16.4. The lowest BCUT2D eigenvalue weighted by Gasteiger charge is -2.36. The Morgan fingerprint density at radius 2 is 1.86 bits per heavy atom. The van der Waals surface area contributed by atoms with Gasteiger partial charge in [0, 0.05) is 17.8 Å². The van der Waals surface area contributed by atoms with Gasteiger partial charge in [-0.15, -0.1) is 0 Å². The third-order valence-corrected chi connectivity index (χ3v) is 8.39. The van der Waals surface area contributed by atoms with Crippen molar-refractivity contribution in [2.45, 2.75) is 82.3 Å². The molecule has 1 saturated carbocycles. The fourth-order valence-electron chi connectivity index (χ4n) is 6.30. The van der Waals surface area contributed by atoms with Gasteiger partial charge in [0.2, 0.25) is 0 Å². The van der Waals surface area contributed by atoms with Gasteiger partial charge in [-0.3, -0.25) is 4.90 Å². The van der Waals surface area contributed by atoms with E-state index < -0.39 is 6.09 Å². The number of nitrogens with zero attached hydrogens (tertiary/aromatic N) is 5. The number of amides is 1. The van der Waals surface area contributed by atoms with Gasteiger partial charge < -0.3 is 20.6 Å². The Morgan fingerprint density at radius 1 is 1.14 bits per heavy atom.